The fraction of sp³-hybridized carbons (Fsp3) is 0.350. The van der Waals surface area contributed by atoms with Gasteiger partial charge in [0.25, 0.3) is 0 Å². The molecule has 0 atom stereocenters. The van der Waals surface area contributed by atoms with Crippen molar-refractivity contribution in [2.24, 2.45) is 4.99 Å². The molecule has 2 rings (SSSR count). The van der Waals surface area contributed by atoms with Gasteiger partial charge in [-0.15, -0.1) is 24.0 Å². The van der Waals surface area contributed by atoms with Crippen molar-refractivity contribution in [1.29, 1.82) is 0 Å². The summed E-state index contributed by atoms with van der Waals surface area (Å²) in [5.41, 5.74) is 2.31. The summed E-state index contributed by atoms with van der Waals surface area (Å²) in [4.78, 5) is 4.63. The number of halogens is 1. The van der Waals surface area contributed by atoms with Crippen molar-refractivity contribution < 1.29 is 4.74 Å². The van der Waals surface area contributed by atoms with Gasteiger partial charge in [0.05, 0.1) is 13.7 Å². The van der Waals surface area contributed by atoms with Gasteiger partial charge in [-0.25, -0.2) is 4.99 Å². The molecule has 0 aliphatic carbocycles. The predicted molar refractivity (Wildman–Crippen MR) is 121 cm³/mol. The Balaban J connectivity index is 0.00000338. The van der Waals surface area contributed by atoms with E-state index >= 15 is 0 Å². The summed E-state index contributed by atoms with van der Waals surface area (Å²) < 4.78 is 5.17. The number of benzene rings is 2. The molecule has 0 bridgehead atoms. The maximum absolute atomic E-state index is 5.17. The van der Waals surface area contributed by atoms with Gasteiger partial charge in [-0.05, 0) is 43.2 Å². The quantitative estimate of drug-likeness (QED) is 0.226. The minimum atomic E-state index is 0. The van der Waals surface area contributed by atoms with E-state index < -0.39 is 0 Å². The molecule has 0 aliphatic rings. The Labute approximate surface area is 173 Å². The summed E-state index contributed by atoms with van der Waals surface area (Å²) in [6.45, 7) is 5.35. The number of nitrogens with one attached hydrogen (secondary N) is 3. The van der Waals surface area contributed by atoms with Crippen LogP contribution >= 0.6 is 24.0 Å². The minimum Gasteiger partial charge on any atom is -0.497 e. The highest BCUT2D eigenvalue weighted by Crippen LogP contribution is 2.11. The summed E-state index contributed by atoms with van der Waals surface area (Å²) in [5.74, 6) is 1.71. The van der Waals surface area contributed by atoms with E-state index in [1.165, 1.54) is 0 Å². The number of hydrogen-bond acceptors (Lipinski definition) is 3. The van der Waals surface area contributed by atoms with Crippen LogP contribution in [0.3, 0.4) is 0 Å². The zero-order valence-corrected chi connectivity index (χ0v) is 17.8. The first-order valence-electron chi connectivity index (χ1n) is 8.76. The Bertz CT molecular complexity index is 632. The lowest BCUT2D eigenvalue weighted by Crippen LogP contribution is -2.38. The maximum Gasteiger partial charge on any atom is 0.191 e. The molecule has 26 heavy (non-hydrogen) atoms. The van der Waals surface area contributed by atoms with Gasteiger partial charge in [-0.2, -0.15) is 0 Å². The number of guanidine groups is 1. The predicted octanol–water partition coefficient (Wildman–Crippen LogP) is 3.87. The van der Waals surface area contributed by atoms with Gasteiger partial charge in [0.1, 0.15) is 5.75 Å². The molecule has 0 fully saturated rings. The zero-order valence-electron chi connectivity index (χ0n) is 15.5. The van der Waals surface area contributed by atoms with Crippen molar-refractivity contribution in [2.75, 3.05) is 32.1 Å². The van der Waals surface area contributed by atoms with Gasteiger partial charge >= 0.3 is 0 Å². The number of anilines is 1. The van der Waals surface area contributed by atoms with Crippen LogP contribution in [0.1, 0.15) is 18.9 Å². The van der Waals surface area contributed by atoms with Gasteiger partial charge in [0, 0.05) is 25.3 Å². The Morgan fingerprint density at radius 2 is 1.69 bits per heavy atom. The van der Waals surface area contributed by atoms with Gasteiger partial charge in [0.2, 0.25) is 0 Å². The summed E-state index contributed by atoms with van der Waals surface area (Å²) in [5, 5.41) is 10.1. The first-order valence-corrected chi connectivity index (χ1v) is 8.76. The average molecular weight is 468 g/mol. The van der Waals surface area contributed by atoms with Crippen molar-refractivity contribution in [3.8, 4) is 5.75 Å². The number of hydrogen-bond donors (Lipinski definition) is 3. The fourth-order valence-corrected chi connectivity index (χ4v) is 2.33. The van der Waals surface area contributed by atoms with Crippen LogP contribution in [0.4, 0.5) is 5.69 Å². The fourth-order valence-electron chi connectivity index (χ4n) is 2.33. The summed E-state index contributed by atoms with van der Waals surface area (Å²) >= 11 is 0. The molecule has 0 saturated heterocycles. The highest BCUT2D eigenvalue weighted by atomic mass is 127. The lowest BCUT2D eigenvalue weighted by molar-refractivity contribution is 0.414. The van der Waals surface area contributed by atoms with E-state index in [2.05, 4.69) is 40.0 Å². The molecule has 0 radical (unpaired) electrons. The molecular weight excluding hydrogens is 439 g/mol. The second-order valence-corrected chi connectivity index (χ2v) is 5.62. The smallest absolute Gasteiger partial charge is 0.191 e. The Morgan fingerprint density at radius 1 is 0.962 bits per heavy atom. The topological polar surface area (TPSA) is 57.7 Å². The van der Waals surface area contributed by atoms with E-state index in [1.807, 2.05) is 42.5 Å². The van der Waals surface area contributed by atoms with Gasteiger partial charge in [-0.1, -0.05) is 30.3 Å². The number of para-hydroxylation sites is 1. The van der Waals surface area contributed by atoms with Crippen LogP contribution in [0.15, 0.2) is 59.6 Å². The Hall–Kier alpha value is -1.96. The Morgan fingerprint density at radius 3 is 2.35 bits per heavy atom. The van der Waals surface area contributed by atoms with Crippen LogP contribution in [0, 0.1) is 0 Å². The van der Waals surface area contributed by atoms with Gasteiger partial charge < -0.3 is 20.7 Å². The first-order chi connectivity index (χ1) is 12.3. The summed E-state index contributed by atoms with van der Waals surface area (Å²) in [6.07, 6.45) is 1.02. The number of aliphatic imine (C=N–C) groups is 1. The van der Waals surface area contributed by atoms with E-state index in [0.717, 1.165) is 49.0 Å². The molecule has 0 amide bonds. The normalized spacial score (nSPS) is 10.6. The largest absolute Gasteiger partial charge is 0.497 e. The van der Waals surface area contributed by atoms with Crippen LogP contribution in [-0.2, 0) is 6.54 Å². The zero-order chi connectivity index (χ0) is 17.7. The molecule has 0 aromatic heterocycles. The highest BCUT2D eigenvalue weighted by molar-refractivity contribution is 14.0. The number of ether oxygens (including phenoxy) is 1. The van der Waals surface area contributed by atoms with E-state index in [-0.39, 0.29) is 24.0 Å². The molecule has 142 valence electrons. The van der Waals surface area contributed by atoms with Crippen LogP contribution in [-0.4, -0.2) is 32.7 Å². The summed E-state index contributed by atoms with van der Waals surface area (Å²) in [6, 6.07) is 18.2. The number of rotatable bonds is 9. The third kappa shape index (κ3) is 8.42. The second kappa shape index (κ2) is 13.3. The molecular formula is C20H29IN4O. The molecule has 5 nitrogen and oxygen atoms in total. The van der Waals surface area contributed by atoms with Crippen molar-refractivity contribution >= 4 is 35.6 Å². The SMILES string of the molecule is CCNC(=NCc1ccc(OC)cc1)NCCCNc1ccccc1.I. The van der Waals surface area contributed by atoms with Crippen molar-refractivity contribution in [2.45, 2.75) is 19.9 Å². The first kappa shape index (κ1) is 22.1. The molecule has 0 unspecified atom stereocenters. The lowest BCUT2D eigenvalue weighted by atomic mass is 10.2. The van der Waals surface area contributed by atoms with Gasteiger partial charge in [-0.3, -0.25) is 0 Å². The highest BCUT2D eigenvalue weighted by Gasteiger charge is 1.98. The van der Waals surface area contributed by atoms with Gasteiger partial charge in [0.15, 0.2) is 5.96 Å². The van der Waals surface area contributed by atoms with Crippen molar-refractivity contribution in [3.63, 3.8) is 0 Å². The van der Waals surface area contributed by atoms with Crippen LogP contribution in [0.5, 0.6) is 5.75 Å². The van der Waals surface area contributed by atoms with E-state index in [0.29, 0.717) is 6.54 Å². The molecule has 2 aromatic carbocycles. The van der Waals surface area contributed by atoms with E-state index in [1.54, 1.807) is 7.11 Å². The third-order valence-corrected chi connectivity index (χ3v) is 3.67. The molecule has 3 N–H and O–H groups in total. The standard InChI is InChI=1S/C20H28N4O.HI/c1-3-21-20(24-16-17-10-12-19(25-2)13-11-17)23-15-7-14-22-18-8-5-4-6-9-18;/h4-6,8-13,22H,3,7,14-16H2,1-2H3,(H2,21,23,24);1H. The molecule has 0 spiro atoms. The van der Waals surface area contributed by atoms with Crippen LogP contribution in [0.2, 0.25) is 0 Å². The molecule has 0 saturated carbocycles. The second-order valence-electron chi connectivity index (χ2n) is 5.62. The van der Waals surface area contributed by atoms with Crippen LogP contribution < -0.4 is 20.7 Å². The van der Waals surface area contributed by atoms with Crippen molar-refractivity contribution in [1.82, 2.24) is 10.6 Å². The maximum atomic E-state index is 5.17. The molecule has 2 aromatic rings. The minimum absolute atomic E-state index is 0. The summed E-state index contributed by atoms with van der Waals surface area (Å²) in [7, 11) is 1.67. The third-order valence-electron chi connectivity index (χ3n) is 3.67. The Kier molecular flexibility index (Phi) is 11.3. The molecule has 0 aliphatic heterocycles. The lowest BCUT2D eigenvalue weighted by Gasteiger charge is -2.12. The van der Waals surface area contributed by atoms with Crippen molar-refractivity contribution in [3.05, 3.63) is 60.2 Å². The molecule has 6 heteroatoms. The molecule has 0 heterocycles. The monoisotopic (exact) mass is 468 g/mol. The number of methoxy groups -OCH3 is 1. The average Bonchev–Trinajstić information content (AvgIpc) is 2.67. The van der Waals surface area contributed by atoms with E-state index in [9.17, 15) is 0 Å². The van der Waals surface area contributed by atoms with Crippen LogP contribution in [0.25, 0.3) is 0 Å². The van der Waals surface area contributed by atoms with E-state index in [4.69, 9.17) is 4.74 Å². The number of nitrogens with zero attached hydrogens (tertiary/aromatic N) is 1.